The first kappa shape index (κ1) is 31.6. The molecule has 0 aromatic heterocycles. The van der Waals surface area contributed by atoms with Gasteiger partial charge in [0, 0.05) is 29.5 Å². The van der Waals surface area contributed by atoms with Crippen molar-refractivity contribution in [3.63, 3.8) is 0 Å². The van der Waals surface area contributed by atoms with Crippen LogP contribution in [0.2, 0.25) is 0 Å². The van der Waals surface area contributed by atoms with E-state index in [1.54, 1.807) is 6.07 Å². The number of hydrogen-bond donors (Lipinski definition) is 1. The van der Waals surface area contributed by atoms with E-state index >= 15 is 0 Å². The van der Waals surface area contributed by atoms with Crippen molar-refractivity contribution >= 4 is 43.5 Å². The summed E-state index contributed by atoms with van der Waals surface area (Å²) in [6, 6.07) is 18.2. The van der Waals surface area contributed by atoms with Crippen LogP contribution in [0.15, 0.2) is 77.3 Å². The molecule has 1 aliphatic rings. The van der Waals surface area contributed by atoms with E-state index in [-0.39, 0.29) is 30.6 Å². The lowest BCUT2D eigenvalue weighted by Gasteiger charge is -2.35. The number of nitrogens with one attached hydrogen (secondary N) is 1. The molecule has 224 valence electrons. The third-order valence-electron chi connectivity index (χ3n) is 7.33. The predicted molar refractivity (Wildman–Crippen MR) is 162 cm³/mol. The molecule has 1 N–H and O–H groups in total. The first-order chi connectivity index (χ1) is 20.0. The molecule has 0 unspecified atom stereocenters. The predicted octanol–water partition coefficient (Wildman–Crippen LogP) is 5.58. The van der Waals surface area contributed by atoms with E-state index in [1.807, 2.05) is 48.5 Å². The van der Waals surface area contributed by atoms with Crippen molar-refractivity contribution in [2.45, 2.75) is 57.2 Å². The van der Waals surface area contributed by atoms with Gasteiger partial charge in [-0.1, -0.05) is 77.7 Å². The number of rotatable bonds is 11. The lowest BCUT2D eigenvalue weighted by Crippen LogP contribution is -2.55. The SMILES string of the molecule is CS(=O)(=O)N(CC(=O)N(Cc1cccc(Br)c1)[C@@H](Cc1ccccc1)C(=O)NC1CCCCC1)c1ccc(F)c(F)c1. The van der Waals surface area contributed by atoms with Crippen LogP contribution in [0.3, 0.4) is 0 Å². The van der Waals surface area contributed by atoms with Gasteiger partial charge >= 0.3 is 0 Å². The maximum absolute atomic E-state index is 14.1. The highest BCUT2D eigenvalue weighted by atomic mass is 79.9. The van der Waals surface area contributed by atoms with E-state index < -0.39 is 40.2 Å². The van der Waals surface area contributed by atoms with Crippen LogP contribution in [0.5, 0.6) is 0 Å². The average molecular weight is 663 g/mol. The maximum atomic E-state index is 14.1. The van der Waals surface area contributed by atoms with Gasteiger partial charge in [0.2, 0.25) is 21.8 Å². The first-order valence-electron chi connectivity index (χ1n) is 13.8. The quantitative estimate of drug-likeness (QED) is 0.291. The van der Waals surface area contributed by atoms with Gasteiger partial charge in [-0.3, -0.25) is 13.9 Å². The summed E-state index contributed by atoms with van der Waals surface area (Å²) in [6.07, 6.45) is 5.90. The van der Waals surface area contributed by atoms with Gasteiger partial charge in [-0.05, 0) is 48.2 Å². The third-order valence-corrected chi connectivity index (χ3v) is 8.97. The summed E-state index contributed by atoms with van der Waals surface area (Å²) in [5.74, 6) is -3.37. The van der Waals surface area contributed by atoms with Gasteiger partial charge in [0.05, 0.1) is 11.9 Å². The van der Waals surface area contributed by atoms with Crippen molar-refractivity contribution in [3.05, 3.63) is 100 Å². The van der Waals surface area contributed by atoms with E-state index in [4.69, 9.17) is 0 Å². The molecule has 11 heteroatoms. The van der Waals surface area contributed by atoms with Gasteiger partial charge in [-0.25, -0.2) is 17.2 Å². The standard InChI is InChI=1S/C31H34BrF2N3O4S/c1-42(40,41)37(26-15-16-27(33)28(34)19-26)21-30(38)36(20-23-11-8-12-24(32)17-23)29(18-22-9-4-2-5-10-22)31(39)35-25-13-6-3-7-14-25/h2,4-5,8-12,15-17,19,25,29H,3,6-7,13-14,18,20-21H2,1H3,(H,35,39)/t29-/m0/s1. The zero-order valence-electron chi connectivity index (χ0n) is 23.3. The van der Waals surface area contributed by atoms with Crippen molar-refractivity contribution in [2.75, 3.05) is 17.1 Å². The van der Waals surface area contributed by atoms with Gasteiger partial charge in [-0.2, -0.15) is 0 Å². The number of amides is 2. The van der Waals surface area contributed by atoms with Crippen molar-refractivity contribution in [1.29, 1.82) is 0 Å². The lowest BCUT2D eigenvalue weighted by atomic mass is 9.94. The second-order valence-corrected chi connectivity index (χ2v) is 13.4. The van der Waals surface area contributed by atoms with Crippen LogP contribution < -0.4 is 9.62 Å². The number of sulfonamides is 1. The summed E-state index contributed by atoms with van der Waals surface area (Å²) in [5.41, 5.74) is 1.35. The Balaban J connectivity index is 1.73. The molecule has 1 fully saturated rings. The fourth-order valence-corrected chi connectivity index (χ4v) is 6.47. The maximum Gasteiger partial charge on any atom is 0.244 e. The van der Waals surface area contributed by atoms with Gasteiger partial charge in [0.15, 0.2) is 11.6 Å². The smallest absolute Gasteiger partial charge is 0.244 e. The molecule has 2 amide bonds. The van der Waals surface area contributed by atoms with Crippen LogP contribution in [-0.2, 0) is 32.6 Å². The molecule has 3 aromatic carbocycles. The fraction of sp³-hybridized carbons (Fsp3) is 0.355. The van der Waals surface area contributed by atoms with Gasteiger partial charge in [-0.15, -0.1) is 0 Å². The van der Waals surface area contributed by atoms with Gasteiger partial charge in [0.1, 0.15) is 12.6 Å². The van der Waals surface area contributed by atoms with Crippen molar-refractivity contribution in [3.8, 4) is 0 Å². The molecule has 1 atom stereocenters. The molecule has 0 spiro atoms. The lowest BCUT2D eigenvalue weighted by molar-refractivity contribution is -0.140. The summed E-state index contributed by atoms with van der Waals surface area (Å²) in [5, 5.41) is 3.14. The Hall–Kier alpha value is -3.31. The van der Waals surface area contributed by atoms with Crippen LogP contribution in [0.25, 0.3) is 0 Å². The molecule has 4 rings (SSSR count). The number of benzene rings is 3. The molecule has 0 aliphatic heterocycles. The Morgan fingerprint density at radius 2 is 1.62 bits per heavy atom. The number of carbonyl (C=O) groups excluding carboxylic acids is 2. The molecular formula is C31H34BrF2N3O4S. The molecule has 0 radical (unpaired) electrons. The van der Waals surface area contributed by atoms with E-state index in [0.29, 0.717) is 0 Å². The molecule has 0 saturated heterocycles. The Labute approximate surface area is 254 Å². The first-order valence-corrected chi connectivity index (χ1v) is 16.5. The molecule has 3 aromatic rings. The van der Waals surface area contributed by atoms with Crippen LogP contribution in [0.1, 0.15) is 43.2 Å². The Kier molecular flexibility index (Phi) is 10.7. The second kappa shape index (κ2) is 14.2. The molecule has 1 saturated carbocycles. The number of halogens is 3. The van der Waals surface area contributed by atoms with E-state index in [1.165, 1.54) is 4.90 Å². The molecule has 0 bridgehead atoms. The van der Waals surface area contributed by atoms with Gasteiger partial charge < -0.3 is 10.2 Å². The second-order valence-electron chi connectivity index (χ2n) is 10.6. The number of carbonyl (C=O) groups is 2. The van der Waals surface area contributed by atoms with Gasteiger partial charge in [0.25, 0.3) is 0 Å². The molecule has 0 heterocycles. The average Bonchev–Trinajstić information content (AvgIpc) is 2.95. The van der Waals surface area contributed by atoms with Crippen LogP contribution in [0, 0.1) is 11.6 Å². The van der Waals surface area contributed by atoms with E-state index in [9.17, 15) is 26.8 Å². The Bertz CT molecular complexity index is 1500. The minimum atomic E-state index is -4.09. The topological polar surface area (TPSA) is 86.8 Å². The normalized spacial score (nSPS) is 14.7. The Morgan fingerprint density at radius 3 is 2.26 bits per heavy atom. The van der Waals surface area contributed by atoms with Crippen LogP contribution in [-0.4, -0.2) is 50.0 Å². The van der Waals surface area contributed by atoms with Crippen LogP contribution >= 0.6 is 15.9 Å². The highest BCUT2D eigenvalue weighted by Crippen LogP contribution is 2.24. The fourth-order valence-electron chi connectivity index (χ4n) is 5.18. The summed E-state index contributed by atoms with van der Waals surface area (Å²) >= 11 is 3.45. The minimum Gasteiger partial charge on any atom is -0.352 e. The third kappa shape index (κ3) is 8.61. The number of anilines is 1. The molecular weight excluding hydrogens is 628 g/mol. The van der Waals surface area contributed by atoms with Crippen molar-refractivity contribution < 1.29 is 26.8 Å². The van der Waals surface area contributed by atoms with E-state index in [0.717, 1.165) is 76.5 Å². The number of nitrogens with zero attached hydrogens (tertiary/aromatic N) is 2. The van der Waals surface area contributed by atoms with Crippen LogP contribution in [0.4, 0.5) is 14.5 Å². The highest BCUT2D eigenvalue weighted by Gasteiger charge is 2.34. The highest BCUT2D eigenvalue weighted by molar-refractivity contribution is 9.10. The molecule has 7 nitrogen and oxygen atoms in total. The zero-order valence-corrected chi connectivity index (χ0v) is 25.7. The zero-order chi connectivity index (χ0) is 30.3. The molecule has 1 aliphatic carbocycles. The van der Waals surface area contributed by atoms with Crippen molar-refractivity contribution in [1.82, 2.24) is 10.2 Å². The summed E-state index contributed by atoms with van der Waals surface area (Å²) in [4.78, 5) is 29.4. The Morgan fingerprint density at radius 1 is 0.929 bits per heavy atom. The number of hydrogen-bond acceptors (Lipinski definition) is 4. The summed E-state index contributed by atoms with van der Waals surface area (Å²) in [6.45, 7) is -0.691. The monoisotopic (exact) mass is 661 g/mol. The summed E-state index contributed by atoms with van der Waals surface area (Å²) in [7, 11) is -4.09. The largest absolute Gasteiger partial charge is 0.352 e. The van der Waals surface area contributed by atoms with E-state index in [2.05, 4.69) is 21.2 Å². The summed E-state index contributed by atoms with van der Waals surface area (Å²) < 4.78 is 54.9. The minimum absolute atomic E-state index is 0.0120. The van der Waals surface area contributed by atoms with Crippen molar-refractivity contribution in [2.24, 2.45) is 0 Å². The molecule has 42 heavy (non-hydrogen) atoms.